The zero-order valence-corrected chi connectivity index (χ0v) is 7.39. The standard InChI is InChI=1S/C7H10F3NO3/c1-4(6(13)14)3-11-5(12)2-7(8,9)10/h4H,2-3H2,1H3,(H,11,12)(H,13,14). The molecule has 1 atom stereocenters. The second-order valence-corrected chi connectivity index (χ2v) is 2.84. The van der Waals surface area contributed by atoms with Crippen LogP contribution in [0.2, 0.25) is 0 Å². The zero-order valence-electron chi connectivity index (χ0n) is 7.39. The van der Waals surface area contributed by atoms with Gasteiger partial charge >= 0.3 is 12.1 Å². The lowest BCUT2D eigenvalue weighted by atomic mass is 10.2. The first-order valence-electron chi connectivity index (χ1n) is 3.78. The van der Waals surface area contributed by atoms with Gasteiger partial charge in [-0.2, -0.15) is 13.2 Å². The van der Waals surface area contributed by atoms with Gasteiger partial charge in [-0.25, -0.2) is 0 Å². The Balaban J connectivity index is 3.81. The molecule has 0 saturated heterocycles. The summed E-state index contributed by atoms with van der Waals surface area (Å²) in [5, 5.41) is 10.2. The molecule has 0 spiro atoms. The van der Waals surface area contributed by atoms with Crippen LogP contribution in [-0.2, 0) is 9.59 Å². The fraction of sp³-hybridized carbons (Fsp3) is 0.714. The highest BCUT2D eigenvalue weighted by Crippen LogP contribution is 2.18. The van der Waals surface area contributed by atoms with Crippen LogP contribution in [0.5, 0.6) is 0 Å². The molecule has 4 nitrogen and oxygen atoms in total. The van der Waals surface area contributed by atoms with Crippen molar-refractivity contribution in [2.75, 3.05) is 6.54 Å². The Morgan fingerprint density at radius 2 is 1.93 bits per heavy atom. The number of carboxylic acids is 1. The molecule has 2 N–H and O–H groups in total. The van der Waals surface area contributed by atoms with Gasteiger partial charge in [0.25, 0.3) is 0 Å². The topological polar surface area (TPSA) is 66.4 Å². The first kappa shape index (κ1) is 12.7. The second kappa shape index (κ2) is 4.83. The van der Waals surface area contributed by atoms with Gasteiger partial charge in [-0.15, -0.1) is 0 Å². The van der Waals surface area contributed by atoms with Crippen LogP contribution in [0.4, 0.5) is 13.2 Å². The maximum atomic E-state index is 11.6. The number of hydrogen-bond acceptors (Lipinski definition) is 2. The van der Waals surface area contributed by atoms with E-state index in [2.05, 4.69) is 0 Å². The van der Waals surface area contributed by atoms with Crippen LogP contribution < -0.4 is 5.32 Å². The number of hydrogen-bond donors (Lipinski definition) is 2. The van der Waals surface area contributed by atoms with Crippen LogP contribution in [0.3, 0.4) is 0 Å². The fourth-order valence-electron chi connectivity index (χ4n) is 0.599. The third-order valence-electron chi connectivity index (χ3n) is 1.39. The van der Waals surface area contributed by atoms with Crippen LogP contribution in [0.15, 0.2) is 0 Å². The Kier molecular flexibility index (Phi) is 4.39. The Hall–Kier alpha value is -1.27. The van der Waals surface area contributed by atoms with Crippen LogP contribution in [-0.4, -0.2) is 29.7 Å². The minimum Gasteiger partial charge on any atom is -0.481 e. The molecule has 0 rings (SSSR count). The third kappa shape index (κ3) is 6.27. The van der Waals surface area contributed by atoms with Gasteiger partial charge in [0, 0.05) is 6.54 Å². The predicted octanol–water partition coefficient (Wildman–Crippen LogP) is 0.776. The van der Waals surface area contributed by atoms with E-state index in [4.69, 9.17) is 5.11 Å². The van der Waals surface area contributed by atoms with Gasteiger partial charge in [0.2, 0.25) is 5.91 Å². The lowest BCUT2D eigenvalue weighted by molar-refractivity contribution is -0.153. The molecule has 1 amide bonds. The molecule has 0 aromatic heterocycles. The van der Waals surface area contributed by atoms with Gasteiger partial charge in [0.15, 0.2) is 0 Å². The van der Waals surface area contributed by atoms with Crippen LogP contribution in [0, 0.1) is 5.92 Å². The number of rotatable bonds is 4. The van der Waals surface area contributed by atoms with E-state index >= 15 is 0 Å². The van der Waals surface area contributed by atoms with E-state index < -0.39 is 30.4 Å². The first-order chi connectivity index (χ1) is 6.22. The van der Waals surface area contributed by atoms with E-state index in [9.17, 15) is 22.8 Å². The molecule has 0 heterocycles. The molecule has 0 saturated carbocycles. The van der Waals surface area contributed by atoms with E-state index in [0.29, 0.717) is 0 Å². The van der Waals surface area contributed by atoms with Crippen molar-refractivity contribution in [2.24, 2.45) is 5.92 Å². The van der Waals surface area contributed by atoms with Crippen LogP contribution in [0.1, 0.15) is 13.3 Å². The molecule has 0 aliphatic carbocycles. The van der Waals surface area contributed by atoms with E-state index in [1.807, 2.05) is 5.32 Å². The fourth-order valence-corrected chi connectivity index (χ4v) is 0.599. The summed E-state index contributed by atoms with van der Waals surface area (Å²) in [6.45, 7) is 0.987. The average molecular weight is 213 g/mol. The van der Waals surface area contributed by atoms with Gasteiger partial charge in [-0.05, 0) is 0 Å². The summed E-state index contributed by atoms with van der Waals surface area (Å²) in [6, 6.07) is 0. The molecule has 0 aliphatic rings. The molecule has 0 aliphatic heterocycles. The van der Waals surface area contributed by atoms with Crippen molar-refractivity contribution in [3.05, 3.63) is 0 Å². The number of aliphatic carboxylic acids is 1. The smallest absolute Gasteiger partial charge is 0.397 e. The normalized spacial score (nSPS) is 13.4. The second-order valence-electron chi connectivity index (χ2n) is 2.84. The molecular formula is C7H10F3NO3. The minimum absolute atomic E-state index is 0.301. The van der Waals surface area contributed by atoms with Crippen molar-refractivity contribution in [1.29, 1.82) is 0 Å². The molecule has 1 unspecified atom stereocenters. The van der Waals surface area contributed by atoms with Crippen molar-refractivity contribution < 1.29 is 27.9 Å². The maximum absolute atomic E-state index is 11.6. The van der Waals surface area contributed by atoms with Crippen molar-refractivity contribution in [3.63, 3.8) is 0 Å². The monoisotopic (exact) mass is 213 g/mol. The molecule has 14 heavy (non-hydrogen) atoms. The highest BCUT2D eigenvalue weighted by molar-refractivity contribution is 5.77. The summed E-state index contributed by atoms with van der Waals surface area (Å²) in [6.07, 6.45) is -6.14. The lowest BCUT2D eigenvalue weighted by Crippen LogP contribution is -2.34. The largest absolute Gasteiger partial charge is 0.481 e. The number of halogens is 3. The Morgan fingerprint density at radius 1 is 1.43 bits per heavy atom. The molecule has 0 aromatic carbocycles. The predicted molar refractivity (Wildman–Crippen MR) is 40.5 cm³/mol. The first-order valence-corrected chi connectivity index (χ1v) is 3.78. The maximum Gasteiger partial charge on any atom is 0.397 e. The number of alkyl halides is 3. The van der Waals surface area contributed by atoms with Crippen molar-refractivity contribution in [2.45, 2.75) is 19.5 Å². The van der Waals surface area contributed by atoms with Gasteiger partial charge in [0.1, 0.15) is 6.42 Å². The van der Waals surface area contributed by atoms with Crippen molar-refractivity contribution in [1.82, 2.24) is 5.32 Å². The van der Waals surface area contributed by atoms with Crippen LogP contribution in [0.25, 0.3) is 0 Å². The Bertz CT molecular complexity index is 227. The minimum atomic E-state index is -4.56. The summed E-state index contributed by atoms with van der Waals surface area (Å²) in [4.78, 5) is 20.8. The van der Waals surface area contributed by atoms with E-state index in [1.165, 1.54) is 6.92 Å². The third-order valence-corrected chi connectivity index (χ3v) is 1.39. The number of carbonyl (C=O) groups is 2. The zero-order chi connectivity index (χ0) is 11.4. The molecule has 0 aromatic rings. The van der Waals surface area contributed by atoms with Gasteiger partial charge in [-0.1, -0.05) is 6.92 Å². The summed E-state index contributed by atoms with van der Waals surface area (Å²) >= 11 is 0. The van der Waals surface area contributed by atoms with Crippen LogP contribution >= 0.6 is 0 Å². The van der Waals surface area contributed by atoms with Crippen molar-refractivity contribution >= 4 is 11.9 Å². The lowest BCUT2D eigenvalue weighted by Gasteiger charge is -2.09. The van der Waals surface area contributed by atoms with Gasteiger partial charge < -0.3 is 10.4 Å². The molecule has 7 heteroatoms. The van der Waals surface area contributed by atoms with Gasteiger partial charge in [0.05, 0.1) is 5.92 Å². The van der Waals surface area contributed by atoms with Crippen molar-refractivity contribution in [3.8, 4) is 0 Å². The highest BCUT2D eigenvalue weighted by Gasteiger charge is 2.31. The van der Waals surface area contributed by atoms with Gasteiger partial charge in [-0.3, -0.25) is 9.59 Å². The van der Waals surface area contributed by atoms with E-state index in [-0.39, 0.29) is 6.54 Å². The summed E-state index contributed by atoms with van der Waals surface area (Å²) in [5.74, 6) is -3.28. The SMILES string of the molecule is CC(CNC(=O)CC(F)(F)F)C(=O)O. The number of nitrogens with one attached hydrogen (secondary N) is 1. The number of carbonyl (C=O) groups excluding carboxylic acids is 1. The quantitative estimate of drug-likeness (QED) is 0.725. The van der Waals surface area contributed by atoms with E-state index in [0.717, 1.165) is 0 Å². The summed E-state index contributed by atoms with van der Waals surface area (Å²) < 4.78 is 34.8. The molecule has 0 bridgehead atoms. The number of amides is 1. The molecule has 0 radical (unpaired) electrons. The summed E-state index contributed by atoms with van der Waals surface area (Å²) in [7, 11) is 0. The molecule has 0 fully saturated rings. The highest BCUT2D eigenvalue weighted by atomic mass is 19.4. The molecule has 82 valence electrons. The average Bonchev–Trinajstić information content (AvgIpc) is 1.96. The number of carboxylic acid groups (broad SMARTS) is 1. The van der Waals surface area contributed by atoms with E-state index in [1.54, 1.807) is 0 Å². The Labute approximate surface area is 78.1 Å². The Morgan fingerprint density at radius 3 is 2.29 bits per heavy atom. The summed E-state index contributed by atoms with van der Waals surface area (Å²) in [5.41, 5.74) is 0. The molecular weight excluding hydrogens is 203 g/mol.